The Labute approximate surface area is 160 Å². The normalized spacial score (nSPS) is 11.9. The molecule has 4 rings (SSSR count). The molecule has 0 N–H and O–H groups in total. The van der Waals surface area contributed by atoms with Crippen molar-refractivity contribution in [1.82, 2.24) is 0 Å². The van der Waals surface area contributed by atoms with Gasteiger partial charge in [0.2, 0.25) is 5.39 Å². The summed E-state index contributed by atoms with van der Waals surface area (Å²) < 4.78 is 34.5. The fourth-order valence-corrected chi connectivity index (χ4v) is 3.81. The molecule has 7 nitrogen and oxygen atoms in total. The van der Waals surface area contributed by atoms with Gasteiger partial charge in [0.05, 0.1) is 21.7 Å². The van der Waals surface area contributed by atoms with Gasteiger partial charge in [0, 0.05) is 22.2 Å². The van der Waals surface area contributed by atoms with Gasteiger partial charge in [-0.1, -0.05) is 42.5 Å². The molecule has 4 aromatic rings. The summed E-state index contributed by atoms with van der Waals surface area (Å²) in [6.45, 7) is 0. The Morgan fingerprint density at radius 1 is 0.714 bits per heavy atom. The molecule has 0 aliphatic carbocycles. The van der Waals surface area contributed by atoms with Crippen molar-refractivity contribution in [3.63, 3.8) is 0 Å². The fraction of sp³-hybridized carbons (Fsp3) is 0. The molecule has 0 aromatic heterocycles. The first kappa shape index (κ1) is 17.7. The average Bonchev–Trinajstić information content (AvgIpc) is 2.70. The van der Waals surface area contributed by atoms with E-state index in [0.717, 1.165) is 10.8 Å². The molecule has 0 fully saturated rings. The zero-order chi connectivity index (χ0) is 19.7. The lowest BCUT2D eigenvalue weighted by Crippen LogP contribution is -1.99. The third-order valence-corrected chi connectivity index (χ3v) is 5.27. The van der Waals surface area contributed by atoms with Gasteiger partial charge in [0.25, 0.3) is 0 Å². The van der Waals surface area contributed by atoms with Crippen molar-refractivity contribution in [2.24, 2.45) is 10.2 Å². The first-order valence-corrected chi connectivity index (χ1v) is 9.66. The van der Waals surface area contributed by atoms with E-state index >= 15 is 0 Å². The molecule has 0 atom stereocenters. The molecule has 0 spiro atoms. The maximum Gasteiger partial charge on any atom is 0.392 e. The number of nitrogens with zero attached hydrogens (tertiary/aromatic N) is 4. The van der Waals surface area contributed by atoms with Gasteiger partial charge in [-0.15, -0.1) is 10.2 Å². The maximum absolute atomic E-state index is 11.5. The Morgan fingerprint density at radius 2 is 1.29 bits per heavy atom. The number of hydrogen-bond acceptors (Lipinski definition) is 6. The minimum atomic E-state index is -4.61. The number of azo groups is 1. The Morgan fingerprint density at radius 3 is 2.00 bits per heavy atom. The summed E-state index contributed by atoms with van der Waals surface area (Å²) >= 11 is 0. The van der Waals surface area contributed by atoms with Crippen molar-refractivity contribution < 1.29 is 13.0 Å². The summed E-state index contributed by atoms with van der Waals surface area (Å²) in [7, 11) is -4.61. The molecule has 28 heavy (non-hydrogen) atoms. The highest BCUT2D eigenvalue weighted by atomic mass is 32.2. The van der Waals surface area contributed by atoms with Gasteiger partial charge in [-0.25, -0.2) is 8.42 Å². The van der Waals surface area contributed by atoms with E-state index in [1.165, 1.54) is 12.1 Å². The van der Waals surface area contributed by atoms with Gasteiger partial charge in [-0.05, 0) is 24.3 Å². The summed E-state index contributed by atoms with van der Waals surface area (Å²) in [6.07, 6.45) is 0. The minimum absolute atomic E-state index is 0.290. The lowest BCUT2D eigenvalue weighted by atomic mass is 10.1. The number of fused-ring (bicyclic) bond motifs is 2. The van der Waals surface area contributed by atoms with E-state index in [9.17, 15) is 13.0 Å². The highest BCUT2D eigenvalue weighted by molar-refractivity contribution is 7.86. The van der Waals surface area contributed by atoms with Crippen LogP contribution < -0.4 is 0 Å². The molecule has 0 saturated heterocycles. The molecule has 136 valence electrons. The van der Waals surface area contributed by atoms with E-state index in [-0.39, 0.29) is 4.90 Å². The molecule has 0 amide bonds. The average molecular weight is 388 g/mol. The second kappa shape index (κ2) is 6.81. The second-order valence-corrected chi connectivity index (χ2v) is 7.38. The smallest absolute Gasteiger partial charge is 0.392 e. The van der Waals surface area contributed by atoms with Crippen LogP contribution in [0.1, 0.15) is 0 Å². The van der Waals surface area contributed by atoms with E-state index in [0.29, 0.717) is 27.8 Å². The highest BCUT2D eigenvalue weighted by Gasteiger charge is 2.14. The van der Waals surface area contributed by atoms with Gasteiger partial charge in [-0.3, -0.25) is 0 Å². The summed E-state index contributed by atoms with van der Waals surface area (Å²) in [4.78, 5) is 2.98. The molecule has 0 unspecified atom stereocenters. The van der Waals surface area contributed by atoms with Crippen LogP contribution >= 0.6 is 0 Å². The second-order valence-electron chi connectivity index (χ2n) is 6.03. The molecule has 0 saturated carbocycles. The predicted molar refractivity (Wildman–Crippen MR) is 105 cm³/mol. The Hall–Kier alpha value is -3.67. The van der Waals surface area contributed by atoms with Gasteiger partial charge in [0.1, 0.15) is 10.1 Å². The SMILES string of the molecule is N#[N+]c1ccc(N=Nc2cccc3c(S(=O)(=O)[O-])cccc23)c2ccccc12. The van der Waals surface area contributed by atoms with Crippen molar-refractivity contribution in [3.05, 3.63) is 77.8 Å². The van der Waals surface area contributed by atoms with E-state index in [4.69, 9.17) is 5.39 Å². The van der Waals surface area contributed by atoms with Crippen LogP contribution in [0.2, 0.25) is 0 Å². The maximum atomic E-state index is 11.5. The van der Waals surface area contributed by atoms with Crippen molar-refractivity contribution in [2.45, 2.75) is 4.90 Å². The van der Waals surface area contributed by atoms with Gasteiger partial charge >= 0.3 is 5.69 Å². The Balaban J connectivity index is 1.87. The van der Waals surface area contributed by atoms with E-state index < -0.39 is 10.1 Å². The third kappa shape index (κ3) is 3.09. The van der Waals surface area contributed by atoms with Crippen LogP contribution in [0, 0.1) is 5.39 Å². The topological polar surface area (TPSA) is 110 Å². The third-order valence-electron chi connectivity index (χ3n) is 4.38. The van der Waals surface area contributed by atoms with Crippen molar-refractivity contribution in [2.75, 3.05) is 0 Å². The standard InChI is InChI=1S/C20H12N4O3S/c21-22-17-11-12-19(14-6-2-1-5-13(14)17)24-23-18-9-3-8-16-15(18)7-4-10-20(16)28(25,26)27/h1-12H. The quantitative estimate of drug-likeness (QED) is 0.251. The number of benzene rings is 4. The molecule has 0 heterocycles. The van der Waals surface area contributed by atoms with E-state index in [1.54, 1.807) is 36.4 Å². The van der Waals surface area contributed by atoms with E-state index in [2.05, 4.69) is 15.2 Å². The predicted octanol–water partition coefficient (Wildman–Crippen LogP) is 5.80. The first-order chi connectivity index (χ1) is 13.5. The monoisotopic (exact) mass is 388 g/mol. The molecule has 0 aliphatic heterocycles. The number of diazo groups is 1. The Kier molecular flexibility index (Phi) is 4.31. The lowest BCUT2D eigenvalue weighted by molar-refractivity contribution is 0.464. The van der Waals surface area contributed by atoms with Crippen LogP contribution in [0.5, 0.6) is 0 Å². The highest BCUT2D eigenvalue weighted by Crippen LogP contribution is 2.36. The van der Waals surface area contributed by atoms with Crippen LogP contribution in [0.15, 0.2) is 87.9 Å². The molecular formula is C20H12N4O3S. The number of hydrogen-bond donors (Lipinski definition) is 0. The minimum Gasteiger partial charge on any atom is -0.744 e. The van der Waals surface area contributed by atoms with Crippen LogP contribution in [-0.2, 0) is 10.1 Å². The van der Waals surface area contributed by atoms with Gasteiger partial charge < -0.3 is 4.55 Å². The van der Waals surface area contributed by atoms with Crippen LogP contribution in [-0.4, -0.2) is 13.0 Å². The van der Waals surface area contributed by atoms with Crippen LogP contribution in [0.25, 0.3) is 26.5 Å². The zero-order valence-corrected chi connectivity index (χ0v) is 15.2. The van der Waals surface area contributed by atoms with Gasteiger partial charge in [0.15, 0.2) is 4.98 Å². The molecular weight excluding hydrogens is 376 g/mol. The summed E-state index contributed by atoms with van der Waals surface area (Å²) in [5.74, 6) is 0. The molecule has 0 bridgehead atoms. The van der Waals surface area contributed by atoms with Crippen LogP contribution in [0.4, 0.5) is 17.1 Å². The summed E-state index contributed by atoms with van der Waals surface area (Å²) in [5.41, 5.74) is 1.42. The summed E-state index contributed by atoms with van der Waals surface area (Å²) in [5, 5.41) is 20.0. The van der Waals surface area contributed by atoms with Gasteiger partial charge in [-0.2, -0.15) is 0 Å². The molecule has 0 aliphatic rings. The lowest BCUT2D eigenvalue weighted by Gasteiger charge is -2.11. The first-order valence-electron chi connectivity index (χ1n) is 8.25. The Bertz CT molecular complexity index is 1410. The van der Waals surface area contributed by atoms with Crippen LogP contribution in [0.3, 0.4) is 0 Å². The van der Waals surface area contributed by atoms with E-state index in [1.807, 2.05) is 24.3 Å². The zero-order valence-electron chi connectivity index (χ0n) is 14.4. The summed E-state index contributed by atoms with van der Waals surface area (Å²) in [6, 6.07) is 20.0. The largest absolute Gasteiger partial charge is 0.744 e. The fourth-order valence-electron chi connectivity index (χ4n) is 3.12. The molecule has 0 radical (unpaired) electrons. The van der Waals surface area contributed by atoms with Crippen molar-refractivity contribution in [1.29, 1.82) is 5.39 Å². The molecule has 8 heteroatoms. The van der Waals surface area contributed by atoms with Crippen molar-refractivity contribution in [3.8, 4) is 0 Å². The van der Waals surface area contributed by atoms with Crippen molar-refractivity contribution >= 4 is 48.7 Å². The molecule has 4 aromatic carbocycles. The number of rotatable bonds is 3.